The molecule has 0 fully saturated rings. The second kappa shape index (κ2) is 7.02. The summed E-state index contributed by atoms with van der Waals surface area (Å²) in [5.74, 6) is -2.84. The number of alkyl halides is 2. The van der Waals surface area contributed by atoms with E-state index in [1.807, 2.05) is 6.92 Å². The number of rotatable bonds is 5. The molecule has 0 atom stereocenters. The SMILES string of the molecule is C#CC=C(c1ccc(CC)cc1)C(F)(F)C(=O)c1ccccc1. The average Bonchev–Trinajstić information content (AvgIpc) is 2.59. The highest BCUT2D eigenvalue weighted by atomic mass is 19.3. The molecule has 116 valence electrons. The summed E-state index contributed by atoms with van der Waals surface area (Å²) in [7, 11) is 0. The summed E-state index contributed by atoms with van der Waals surface area (Å²) >= 11 is 0. The van der Waals surface area contributed by atoms with Crippen molar-refractivity contribution < 1.29 is 13.6 Å². The lowest BCUT2D eigenvalue weighted by atomic mass is 9.92. The molecular weight excluding hydrogens is 294 g/mol. The average molecular weight is 310 g/mol. The molecule has 0 N–H and O–H groups in total. The Morgan fingerprint density at radius 2 is 1.70 bits per heavy atom. The van der Waals surface area contributed by atoms with Gasteiger partial charge in [0, 0.05) is 11.1 Å². The number of hydrogen-bond donors (Lipinski definition) is 0. The van der Waals surface area contributed by atoms with Crippen molar-refractivity contribution in [2.75, 3.05) is 0 Å². The van der Waals surface area contributed by atoms with E-state index in [1.54, 1.807) is 42.5 Å². The molecule has 3 heteroatoms. The van der Waals surface area contributed by atoms with E-state index in [1.165, 1.54) is 12.1 Å². The number of halogens is 2. The van der Waals surface area contributed by atoms with E-state index < -0.39 is 17.3 Å². The van der Waals surface area contributed by atoms with Crippen molar-refractivity contribution in [2.24, 2.45) is 0 Å². The minimum Gasteiger partial charge on any atom is -0.287 e. The van der Waals surface area contributed by atoms with Gasteiger partial charge in [-0.1, -0.05) is 67.4 Å². The molecule has 0 aliphatic rings. The maximum atomic E-state index is 14.7. The van der Waals surface area contributed by atoms with Crippen LogP contribution < -0.4 is 0 Å². The lowest BCUT2D eigenvalue weighted by molar-refractivity contribution is 0.0430. The Balaban J connectivity index is 2.45. The Hall–Kier alpha value is -2.73. The lowest BCUT2D eigenvalue weighted by Gasteiger charge is -2.19. The predicted molar refractivity (Wildman–Crippen MR) is 88.3 cm³/mol. The van der Waals surface area contributed by atoms with Crippen molar-refractivity contribution >= 4 is 11.4 Å². The maximum Gasteiger partial charge on any atom is 0.336 e. The number of carbonyl (C=O) groups is 1. The highest BCUT2D eigenvalue weighted by Crippen LogP contribution is 2.35. The first-order valence-electron chi connectivity index (χ1n) is 7.24. The van der Waals surface area contributed by atoms with Crippen LogP contribution in [0.15, 0.2) is 60.7 Å². The maximum absolute atomic E-state index is 14.7. The molecule has 0 spiro atoms. The van der Waals surface area contributed by atoms with E-state index in [0.717, 1.165) is 18.1 Å². The van der Waals surface area contributed by atoms with Gasteiger partial charge in [0.2, 0.25) is 5.78 Å². The zero-order valence-corrected chi connectivity index (χ0v) is 12.7. The molecule has 0 radical (unpaired) electrons. The fourth-order valence-electron chi connectivity index (χ4n) is 2.25. The molecule has 2 rings (SSSR count). The Morgan fingerprint density at radius 1 is 1.09 bits per heavy atom. The fraction of sp³-hybridized carbons (Fsp3) is 0.150. The van der Waals surface area contributed by atoms with Gasteiger partial charge in [-0.3, -0.25) is 4.79 Å². The third-order valence-corrected chi connectivity index (χ3v) is 3.56. The number of aryl methyl sites for hydroxylation is 1. The van der Waals surface area contributed by atoms with Crippen LogP contribution in [-0.4, -0.2) is 11.7 Å². The molecule has 0 saturated carbocycles. The summed E-state index contributed by atoms with van der Waals surface area (Å²) in [5, 5.41) is 0. The first-order chi connectivity index (χ1) is 11.0. The van der Waals surface area contributed by atoms with Gasteiger partial charge in [-0.25, -0.2) is 0 Å². The summed E-state index contributed by atoms with van der Waals surface area (Å²) in [6.07, 6.45) is 6.95. The second-order valence-electron chi connectivity index (χ2n) is 5.04. The van der Waals surface area contributed by atoms with Crippen LogP contribution in [0.1, 0.15) is 28.4 Å². The second-order valence-corrected chi connectivity index (χ2v) is 5.04. The summed E-state index contributed by atoms with van der Waals surface area (Å²) in [6.45, 7) is 1.97. The van der Waals surface area contributed by atoms with Gasteiger partial charge < -0.3 is 0 Å². The van der Waals surface area contributed by atoms with E-state index in [0.29, 0.717) is 0 Å². The van der Waals surface area contributed by atoms with E-state index in [-0.39, 0.29) is 11.1 Å². The van der Waals surface area contributed by atoms with Gasteiger partial charge in [0.05, 0.1) is 0 Å². The van der Waals surface area contributed by atoms with Gasteiger partial charge in [-0.2, -0.15) is 8.78 Å². The van der Waals surface area contributed by atoms with E-state index in [4.69, 9.17) is 6.42 Å². The number of Topliss-reactive ketones (excluding diaryl/α,β-unsaturated/α-hetero) is 1. The number of hydrogen-bond acceptors (Lipinski definition) is 1. The molecule has 0 amide bonds. The van der Waals surface area contributed by atoms with Crippen molar-refractivity contribution in [3.63, 3.8) is 0 Å². The molecular formula is C20H16F2O. The Kier molecular flexibility index (Phi) is 5.08. The van der Waals surface area contributed by atoms with Crippen molar-refractivity contribution in [3.8, 4) is 12.3 Å². The largest absolute Gasteiger partial charge is 0.336 e. The third-order valence-electron chi connectivity index (χ3n) is 3.56. The standard InChI is InChI=1S/C20H16F2O/c1-3-8-18(16-13-11-15(4-2)12-14-16)20(21,22)19(23)17-9-6-5-7-10-17/h1,5-14H,4H2,2H3. The quantitative estimate of drug-likeness (QED) is 0.573. The molecule has 2 aromatic carbocycles. The first kappa shape index (κ1) is 16.6. The Morgan fingerprint density at radius 3 is 2.22 bits per heavy atom. The molecule has 23 heavy (non-hydrogen) atoms. The third kappa shape index (κ3) is 3.54. The smallest absolute Gasteiger partial charge is 0.287 e. The van der Waals surface area contributed by atoms with Gasteiger partial charge in [-0.15, -0.1) is 6.42 Å². The molecule has 2 aromatic rings. The topological polar surface area (TPSA) is 17.1 Å². The summed E-state index contributed by atoms with van der Waals surface area (Å²) in [6, 6.07) is 14.1. The predicted octanol–water partition coefficient (Wildman–Crippen LogP) is 4.78. The van der Waals surface area contributed by atoms with Crippen LogP contribution in [0.4, 0.5) is 8.78 Å². The molecule has 0 aliphatic carbocycles. The van der Waals surface area contributed by atoms with E-state index in [9.17, 15) is 13.6 Å². The zero-order valence-electron chi connectivity index (χ0n) is 12.7. The fourth-order valence-corrected chi connectivity index (χ4v) is 2.25. The van der Waals surface area contributed by atoms with Crippen LogP contribution in [0.5, 0.6) is 0 Å². The van der Waals surface area contributed by atoms with Crippen LogP contribution >= 0.6 is 0 Å². The number of carbonyl (C=O) groups excluding carboxylic acids is 1. The zero-order chi connectivity index (χ0) is 16.9. The van der Waals surface area contributed by atoms with Gasteiger partial charge in [0.25, 0.3) is 0 Å². The highest BCUT2D eigenvalue weighted by molar-refractivity contribution is 6.09. The normalized spacial score (nSPS) is 11.8. The van der Waals surface area contributed by atoms with Gasteiger partial charge >= 0.3 is 5.92 Å². The molecule has 0 bridgehead atoms. The van der Waals surface area contributed by atoms with E-state index >= 15 is 0 Å². The lowest BCUT2D eigenvalue weighted by Crippen LogP contribution is -2.30. The van der Waals surface area contributed by atoms with Crippen molar-refractivity contribution in [3.05, 3.63) is 77.4 Å². The van der Waals surface area contributed by atoms with Crippen LogP contribution in [0, 0.1) is 12.3 Å². The van der Waals surface area contributed by atoms with Gasteiger partial charge in [0.15, 0.2) is 0 Å². The molecule has 0 aromatic heterocycles. The summed E-state index contributed by atoms with van der Waals surface area (Å²) in [4.78, 5) is 12.2. The number of ketones is 1. The molecule has 0 heterocycles. The van der Waals surface area contributed by atoms with Crippen LogP contribution in [0.25, 0.3) is 5.57 Å². The van der Waals surface area contributed by atoms with Crippen molar-refractivity contribution in [2.45, 2.75) is 19.3 Å². The molecule has 0 unspecified atom stereocenters. The van der Waals surface area contributed by atoms with Crippen LogP contribution in [0.3, 0.4) is 0 Å². The van der Waals surface area contributed by atoms with Gasteiger partial charge in [-0.05, 0) is 23.6 Å². The van der Waals surface area contributed by atoms with Crippen molar-refractivity contribution in [1.29, 1.82) is 0 Å². The van der Waals surface area contributed by atoms with E-state index in [2.05, 4.69) is 5.92 Å². The summed E-state index contributed by atoms with van der Waals surface area (Å²) < 4.78 is 29.4. The molecule has 1 nitrogen and oxygen atoms in total. The number of allylic oxidation sites excluding steroid dienone is 2. The Bertz CT molecular complexity index is 750. The first-order valence-corrected chi connectivity index (χ1v) is 7.24. The molecule has 0 aliphatic heterocycles. The number of terminal acetylenes is 1. The van der Waals surface area contributed by atoms with Crippen LogP contribution in [-0.2, 0) is 6.42 Å². The number of benzene rings is 2. The Labute approximate surface area is 134 Å². The van der Waals surface area contributed by atoms with Crippen LogP contribution in [0.2, 0.25) is 0 Å². The molecule has 0 saturated heterocycles. The van der Waals surface area contributed by atoms with Crippen molar-refractivity contribution in [1.82, 2.24) is 0 Å². The minimum absolute atomic E-state index is 0.0504. The summed E-state index contributed by atoms with van der Waals surface area (Å²) in [5.41, 5.74) is 0.753. The highest BCUT2D eigenvalue weighted by Gasteiger charge is 2.43. The minimum atomic E-state index is -3.69. The van der Waals surface area contributed by atoms with Gasteiger partial charge in [0.1, 0.15) is 0 Å². The monoisotopic (exact) mass is 310 g/mol.